The predicted molar refractivity (Wildman–Crippen MR) is 126 cm³/mol. The van der Waals surface area contributed by atoms with Crippen molar-refractivity contribution >= 4 is 39.1 Å². The number of hydrogen-bond donors (Lipinski definition) is 0. The van der Waals surface area contributed by atoms with Crippen LogP contribution in [0, 0.1) is 3.57 Å². The van der Waals surface area contributed by atoms with Crippen LogP contribution in [0.3, 0.4) is 0 Å². The summed E-state index contributed by atoms with van der Waals surface area (Å²) in [6.45, 7) is 4.83. The fourth-order valence-corrected chi connectivity index (χ4v) is 4.49. The van der Waals surface area contributed by atoms with Crippen molar-refractivity contribution in [1.82, 2.24) is 4.57 Å². The summed E-state index contributed by atoms with van der Waals surface area (Å²) in [5, 5.41) is 1.07. The average molecular weight is 523 g/mol. The molecule has 0 aliphatic carbocycles. The van der Waals surface area contributed by atoms with Crippen molar-refractivity contribution in [2.24, 2.45) is 0 Å². The number of rotatable bonds is 10. The number of methoxy groups -OCH3 is 4. The summed E-state index contributed by atoms with van der Waals surface area (Å²) in [6.07, 6.45) is -0.447. The Morgan fingerprint density at radius 1 is 1.00 bits per heavy atom. The Hall–Kier alpha value is -2.07. The van der Waals surface area contributed by atoms with Gasteiger partial charge in [-0.2, -0.15) is 0 Å². The van der Waals surface area contributed by atoms with Crippen LogP contribution in [-0.4, -0.2) is 39.8 Å². The second kappa shape index (κ2) is 10.3. The standard InChI is InChI=1S/C23H26INO5/c1-15(16-9-11-17(28-4)12-10-16)23(30-14-27-3)22-20(24)18-7-6-8-19(29-5)21(18)25(22)13-26-2/h6-12,23H,1,13-14H2,2-5H3/t23-/m0/s1. The molecule has 0 aliphatic heterocycles. The van der Waals surface area contributed by atoms with Crippen molar-refractivity contribution in [3.05, 3.63) is 63.9 Å². The lowest BCUT2D eigenvalue weighted by Gasteiger charge is -2.23. The van der Waals surface area contributed by atoms with E-state index in [2.05, 4.69) is 39.8 Å². The summed E-state index contributed by atoms with van der Waals surface area (Å²) in [4.78, 5) is 0. The van der Waals surface area contributed by atoms with Crippen LogP contribution in [0.2, 0.25) is 0 Å². The van der Waals surface area contributed by atoms with Crippen molar-refractivity contribution < 1.29 is 23.7 Å². The van der Waals surface area contributed by atoms with Gasteiger partial charge in [-0.05, 0) is 51.9 Å². The molecule has 0 radical (unpaired) electrons. The Balaban J connectivity index is 2.18. The quantitative estimate of drug-likeness (QED) is 0.269. The molecular weight excluding hydrogens is 497 g/mol. The fraction of sp³-hybridized carbons (Fsp3) is 0.304. The molecular formula is C23H26INO5. The van der Waals surface area contributed by atoms with Gasteiger partial charge in [0.05, 0.1) is 25.4 Å². The second-order valence-electron chi connectivity index (χ2n) is 6.61. The van der Waals surface area contributed by atoms with Crippen molar-refractivity contribution in [2.75, 3.05) is 35.2 Å². The monoisotopic (exact) mass is 523 g/mol. The molecule has 0 spiro atoms. The van der Waals surface area contributed by atoms with Gasteiger partial charge < -0.3 is 28.3 Å². The van der Waals surface area contributed by atoms with Gasteiger partial charge in [-0.3, -0.25) is 0 Å². The summed E-state index contributed by atoms with van der Waals surface area (Å²) in [5.41, 5.74) is 3.66. The number of hydrogen-bond acceptors (Lipinski definition) is 5. The molecule has 0 amide bonds. The van der Waals surface area contributed by atoms with E-state index in [0.717, 1.165) is 42.8 Å². The molecule has 6 nitrogen and oxygen atoms in total. The van der Waals surface area contributed by atoms with Gasteiger partial charge >= 0.3 is 0 Å². The molecule has 1 aromatic heterocycles. The highest BCUT2D eigenvalue weighted by molar-refractivity contribution is 14.1. The van der Waals surface area contributed by atoms with Crippen LogP contribution in [0.25, 0.3) is 16.5 Å². The number of nitrogens with zero attached hydrogens (tertiary/aromatic N) is 1. The first-order chi connectivity index (χ1) is 14.6. The molecule has 0 bridgehead atoms. The van der Waals surface area contributed by atoms with E-state index < -0.39 is 6.10 Å². The highest BCUT2D eigenvalue weighted by Crippen LogP contribution is 2.42. The van der Waals surface area contributed by atoms with E-state index in [1.165, 1.54) is 0 Å². The molecule has 1 atom stereocenters. The van der Waals surface area contributed by atoms with Crippen molar-refractivity contribution in [1.29, 1.82) is 0 Å². The van der Waals surface area contributed by atoms with E-state index >= 15 is 0 Å². The largest absolute Gasteiger partial charge is 0.497 e. The van der Waals surface area contributed by atoms with Crippen molar-refractivity contribution in [3.63, 3.8) is 0 Å². The smallest absolute Gasteiger partial charge is 0.147 e. The van der Waals surface area contributed by atoms with E-state index in [0.29, 0.717) is 6.73 Å². The molecule has 0 aliphatic rings. The van der Waals surface area contributed by atoms with Gasteiger partial charge in [-0.1, -0.05) is 30.8 Å². The average Bonchev–Trinajstić information content (AvgIpc) is 3.06. The third kappa shape index (κ3) is 4.34. The maximum atomic E-state index is 6.15. The van der Waals surface area contributed by atoms with Gasteiger partial charge in [0.15, 0.2) is 0 Å². The number of aromatic nitrogens is 1. The van der Waals surface area contributed by atoms with E-state index in [-0.39, 0.29) is 6.79 Å². The molecule has 0 saturated heterocycles. The zero-order valence-corrected chi connectivity index (χ0v) is 19.8. The molecule has 2 aromatic carbocycles. The summed E-state index contributed by atoms with van der Waals surface area (Å²) in [6, 6.07) is 13.8. The SMILES string of the molecule is C=C(c1ccc(OC)cc1)[C@H](OCOC)c1c(I)c2cccc(OC)c2n1COC. The molecule has 7 heteroatoms. The first-order valence-electron chi connectivity index (χ1n) is 9.34. The van der Waals surface area contributed by atoms with Crippen molar-refractivity contribution in [2.45, 2.75) is 12.8 Å². The topological polar surface area (TPSA) is 51.1 Å². The van der Waals surface area contributed by atoms with Gasteiger partial charge in [-0.15, -0.1) is 0 Å². The Kier molecular flexibility index (Phi) is 7.76. The van der Waals surface area contributed by atoms with E-state index in [1.54, 1.807) is 28.4 Å². The number of ether oxygens (including phenoxy) is 5. The summed E-state index contributed by atoms with van der Waals surface area (Å²) >= 11 is 2.35. The molecule has 1 heterocycles. The maximum absolute atomic E-state index is 6.15. The lowest BCUT2D eigenvalue weighted by atomic mass is 9.99. The number of benzene rings is 2. The van der Waals surface area contributed by atoms with Crippen LogP contribution >= 0.6 is 22.6 Å². The Labute approximate surface area is 190 Å². The molecule has 0 fully saturated rings. The molecule has 0 unspecified atom stereocenters. The first-order valence-corrected chi connectivity index (χ1v) is 10.4. The Bertz CT molecular complexity index is 1010. The highest BCUT2D eigenvalue weighted by Gasteiger charge is 2.28. The van der Waals surface area contributed by atoms with Crippen LogP contribution in [0.4, 0.5) is 0 Å². The van der Waals surface area contributed by atoms with Gasteiger partial charge in [0.1, 0.15) is 31.1 Å². The molecule has 3 rings (SSSR count). The van der Waals surface area contributed by atoms with Crippen LogP contribution in [0.1, 0.15) is 17.4 Å². The van der Waals surface area contributed by atoms with Crippen LogP contribution < -0.4 is 9.47 Å². The molecule has 0 N–H and O–H groups in total. The summed E-state index contributed by atoms with van der Waals surface area (Å²) in [5.74, 6) is 1.56. The lowest BCUT2D eigenvalue weighted by Crippen LogP contribution is -2.16. The second-order valence-corrected chi connectivity index (χ2v) is 7.69. The zero-order chi connectivity index (χ0) is 21.7. The number of fused-ring (bicyclic) bond motifs is 1. The highest BCUT2D eigenvalue weighted by atomic mass is 127. The summed E-state index contributed by atoms with van der Waals surface area (Å²) < 4.78 is 30.9. The molecule has 160 valence electrons. The van der Waals surface area contributed by atoms with Crippen LogP contribution in [0.15, 0.2) is 49.0 Å². The summed E-state index contributed by atoms with van der Waals surface area (Å²) in [7, 11) is 6.58. The molecule has 30 heavy (non-hydrogen) atoms. The maximum Gasteiger partial charge on any atom is 0.147 e. The third-order valence-electron chi connectivity index (χ3n) is 4.88. The van der Waals surface area contributed by atoms with Crippen LogP contribution in [0.5, 0.6) is 11.5 Å². The zero-order valence-electron chi connectivity index (χ0n) is 17.6. The van der Waals surface area contributed by atoms with Gasteiger partial charge in [-0.25, -0.2) is 0 Å². The normalized spacial score (nSPS) is 12.2. The third-order valence-corrected chi connectivity index (χ3v) is 6.01. The minimum Gasteiger partial charge on any atom is -0.497 e. The van der Waals surface area contributed by atoms with Crippen molar-refractivity contribution in [3.8, 4) is 11.5 Å². The van der Waals surface area contributed by atoms with E-state index in [4.69, 9.17) is 23.7 Å². The minimum atomic E-state index is -0.447. The van der Waals surface area contributed by atoms with Crippen LogP contribution in [-0.2, 0) is 20.9 Å². The van der Waals surface area contributed by atoms with Gasteiger partial charge in [0.25, 0.3) is 0 Å². The lowest BCUT2D eigenvalue weighted by molar-refractivity contribution is -0.0565. The molecule has 3 aromatic rings. The number of halogens is 1. The fourth-order valence-electron chi connectivity index (χ4n) is 3.48. The first kappa shape index (κ1) is 22.6. The Morgan fingerprint density at radius 3 is 2.33 bits per heavy atom. The molecule has 0 saturated carbocycles. The van der Waals surface area contributed by atoms with Gasteiger partial charge in [0, 0.05) is 23.2 Å². The predicted octanol–water partition coefficient (Wildman–Crippen LogP) is 5.24. The Morgan fingerprint density at radius 2 is 1.73 bits per heavy atom. The van der Waals surface area contributed by atoms with E-state index in [9.17, 15) is 0 Å². The van der Waals surface area contributed by atoms with Gasteiger partial charge in [0.2, 0.25) is 0 Å². The number of para-hydroxylation sites is 1. The van der Waals surface area contributed by atoms with E-state index in [1.807, 2.05) is 36.4 Å². The minimum absolute atomic E-state index is 0.127.